The minimum absolute atomic E-state index is 0.0351. The monoisotopic (exact) mass is 373 g/mol. The van der Waals surface area contributed by atoms with Gasteiger partial charge >= 0.3 is 0 Å². The van der Waals surface area contributed by atoms with Gasteiger partial charge in [-0.25, -0.2) is 0 Å². The van der Waals surface area contributed by atoms with Crippen molar-refractivity contribution in [3.05, 3.63) is 102 Å². The lowest BCUT2D eigenvalue weighted by molar-refractivity contribution is -0.121. The third-order valence-electron chi connectivity index (χ3n) is 4.55. The summed E-state index contributed by atoms with van der Waals surface area (Å²) in [6.07, 6.45) is 0.540. The van der Waals surface area contributed by atoms with Crippen LogP contribution in [-0.4, -0.2) is 12.0 Å². The maximum Gasteiger partial charge on any atom is 0.221 e. The number of nitrogens with one attached hydrogen (secondary N) is 1. The van der Waals surface area contributed by atoms with Crippen LogP contribution in [0.1, 0.15) is 42.9 Å². The Balaban J connectivity index is 1.66. The fraction of sp³-hybridized carbons (Fsp3) is 0.240. The predicted molar refractivity (Wildman–Crippen MR) is 113 cm³/mol. The van der Waals surface area contributed by atoms with E-state index in [9.17, 15) is 4.79 Å². The first-order valence-corrected chi connectivity index (χ1v) is 9.74. The zero-order valence-electron chi connectivity index (χ0n) is 16.5. The topological polar surface area (TPSA) is 38.3 Å². The number of ether oxygens (including phenoxy) is 1. The highest BCUT2D eigenvalue weighted by Crippen LogP contribution is 2.27. The molecule has 1 amide bonds. The smallest absolute Gasteiger partial charge is 0.221 e. The third-order valence-corrected chi connectivity index (χ3v) is 4.55. The summed E-state index contributed by atoms with van der Waals surface area (Å²) in [6, 6.07) is 28.3. The highest BCUT2D eigenvalue weighted by molar-refractivity contribution is 5.77. The maximum absolute atomic E-state index is 12.7. The van der Waals surface area contributed by atoms with E-state index in [4.69, 9.17) is 4.74 Å². The molecule has 0 aliphatic heterocycles. The van der Waals surface area contributed by atoms with Crippen LogP contribution in [0.2, 0.25) is 0 Å². The largest absolute Gasteiger partial charge is 0.491 e. The molecule has 0 aliphatic carbocycles. The number of hydrogen-bond acceptors (Lipinski definition) is 2. The fourth-order valence-corrected chi connectivity index (χ4v) is 3.26. The van der Waals surface area contributed by atoms with Crippen molar-refractivity contribution < 1.29 is 9.53 Å². The molecular weight excluding hydrogens is 346 g/mol. The first-order valence-electron chi connectivity index (χ1n) is 9.74. The van der Waals surface area contributed by atoms with Gasteiger partial charge < -0.3 is 10.1 Å². The van der Waals surface area contributed by atoms with E-state index in [1.165, 1.54) is 0 Å². The molecule has 0 radical (unpaired) electrons. The van der Waals surface area contributed by atoms with E-state index in [0.717, 1.165) is 22.4 Å². The van der Waals surface area contributed by atoms with Crippen LogP contribution in [0.3, 0.4) is 0 Å². The molecule has 3 heteroatoms. The molecule has 28 heavy (non-hydrogen) atoms. The molecule has 0 fully saturated rings. The van der Waals surface area contributed by atoms with Crippen molar-refractivity contribution in [2.75, 3.05) is 0 Å². The Labute approximate surface area is 167 Å². The minimum Gasteiger partial charge on any atom is -0.491 e. The molecule has 0 spiro atoms. The quantitative estimate of drug-likeness (QED) is 0.581. The van der Waals surface area contributed by atoms with Gasteiger partial charge in [0, 0.05) is 18.9 Å². The highest BCUT2D eigenvalue weighted by Gasteiger charge is 2.17. The van der Waals surface area contributed by atoms with Crippen LogP contribution in [-0.2, 0) is 11.3 Å². The maximum atomic E-state index is 12.7. The van der Waals surface area contributed by atoms with E-state index >= 15 is 0 Å². The molecule has 0 unspecified atom stereocenters. The number of benzene rings is 3. The minimum atomic E-state index is 0.0351. The molecule has 0 heterocycles. The van der Waals surface area contributed by atoms with Crippen molar-refractivity contribution in [1.29, 1.82) is 0 Å². The van der Waals surface area contributed by atoms with Crippen LogP contribution < -0.4 is 10.1 Å². The lowest BCUT2D eigenvalue weighted by Crippen LogP contribution is -2.25. The molecule has 3 rings (SSSR count). The van der Waals surface area contributed by atoms with Crippen LogP contribution >= 0.6 is 0 Å². The number of amides is 1. The van der Waals surface area contributed by atoms with Crippen molar-refractivity contribution in [3.63, 3.8) is 0 Å². The van der Waals surface area contributed by atoms with Crippen molar-refractivity contribution in [2.24, 2.45) is 0 Å². The van der Waals surface area contributed by atoms with Gasteiger partial charge in [0.1, 0.15) is 5.75 Å². The average molecular weight is 373 g/mol. The summed E-state index contributed by atoms with van der Waals surface area (Å²) in [4.78, 5) is 12.7. The summed E-state index contributed by atoms with van der Waals surface area (Å²) in [5.41, 5.74) is 3.33. The summed E-state index contributed by atoms with van der Waals surface area (Å²) in [5, 5.41) is 3.05. The van der Waals surface area contributed by atoms with Gasteiger partial charge in [0.05, 0.1) is 6.10 Å². The second kappa shape index (κ2) is 9.75. The van der Waals surface area contributed by atoms with Crippen LogP contribution in [0.4, 0.5) is 0 Å². The molecule has 144 valence electrons. The Kier molecular flexibility index (Phi) is 6.85. The van der Waals surface area contributed by atoms with Gasteiger partial charge in [-0.15, -0.1) is 0 Å². The zero-order valence-corrected chi connectivity index (χ0v) is 16.5. The lowest BCUT2D eigenvalue weighted by Gasteiger charge is -2.18. The Morgan fingerprint density at radius 1 is 0.857 bits per heavy atom. The fourth-order valence-electron chi connectivity index (χ4n) is 3.26. The molecular formula is C25H27NO2. The van der Waals surface area contributed by atoms with Gasteiger partial charge in [0.15, 0.2) is 0 Å². The van der Waals surface area contributed by atoms with Gasteiger partial charge in [-0.2, -0.15) is 0 Å². The zero-order chi connectivity index (χ0) is 19.8. The lowest BCUT2D eigenvalue weighted by atomic mass is 9.88. The standard InChI is InChI=1S/C25H27NO2/c1-19(2)28-23-15-9-10-20(16-23)18-26-25(27)17-24(21-11-5-3-6-12-21)22-13-7-4-8-14-22/h3-16,19,24H,17-18H2,1-2H3,(H,26,27). The molecule has 0 bridgehead atoms. The van der Waals surface area contributed by atoms with Crippen molar-refractivity contribution >= 4 is 5.91 Å². The molecule has 1 N–H and O–H groups in total. The second-order valence-corrected chi connectivity index (χ2v) is 7.17. The second-order valence-electron chi connectivity index (χ2n) is 7.17. The number of carbonyl (C=O) groups excluding carboxylic acids is 1. The Hall–Kier alpha value is -3.07. The molecule has 0 saturated carbocycles. The van der Waals surface area contributed by atoms with Crippen LogP contribution in [0, 0.1) is 0 Å². The van der Waals surface area contributed by atoms with E-state index in [1.54, 1.807) is 0 Å². The molecule has 3 aromatic rings. The first kappa shape index (κ1) is 19.7. The van der Waals surface area contributed by atoms with Crippen molar-refractivity contribution in [2.45, 2.75) is 38.8 Å². The Bertz CT molecular complexity index is 836. The van der Waals surface area contributed by atoms with Gasteiger partial charge in [0.2, 0.25) is 5.91 Å². The summed E-state index contributed by atoms with van der Waals surface area (Å²) >= 11 is 0. The molecule has 0 aliphatic rings. The van der Waals surface area contributed by atoms with Crippen molar-refractivity contribution in [1.82, 2.24) is 5.32 Å². The summed E-state index contributed by atoms with van der Waals surface area (Å²) in [5.74, 6) is 0.902. The van der Waals surface area contributed by atoms with Gasteiger partial charge in [-0.3, -0.25) is 4.79 Å². The molecule has 0 saturated heterocycles. The SMILES string of the molecule is CC(C)Oc1cccc(CNC(=O)CC(c2ccccc2)c2ccccc2)c1. The number of rotatable bonds is 8. The summed E-state index contributed by atoms with van der Waals surface area (Å²) < 4.78 is 5.73. The molecule has 3 nitrogen and oxygen atoms in total. The number of carbonyl (C=O) groups is 1. The van der Waals surface area contributed by atoms with Gasteiger partial charge in [-0.1, -0.05) is 72.8 Å². The van der Waals surface area contributed by atoms with Crippen LogP contribution in [0.5, 0.6) is 5.75 Å². The van der Waals surface area contributed by atoms with E-state index in [-0.39, 0.29) is 17.9 Å². The highest BCUT2D eigenvalue weighted by atomic mass is 16.5. The molecule has 0 atom stereocenters. The summed E-state index contributed by atoms with van der Waals surface area (Å²) in [6.45, 7) is 4.49. The van der Waals surface area contributed by atoms with Crippen molar-refractivity contribution in [3.8, 4) is 5.75 Å². The first-order chi connectivity index (χ1) is 13.6. The van der Waals surface area contributed by atoms with Gasteiger partial charge in [0.25, 0.3) is 0 Å². The molecule has 3 aromatic carbocycles. The predicted octanol–water partition coefficient (Wildman–Crippen LogP) is 5.31. The van der Waals surface area contributed by atoms with E-state index in [0.29, 0.717) is 13.0 Å². The molecule has 0 aromatic heterocycles. The summed E-state index contributed by atoms with van der Waals surface area (Å²) in [7, 11) is 0. The van der Waals surface area contributed by atoms with E-state index in [1.807, 2.05) is 74.5 Å². The van der Waals surface area contributed by atoms with Gasteiger partial charge in [-0.05, 0) is 42.7 Å². The van der Waals surface area contributed by atoms with E-state index in [2.05, 4.69) is 29.6 Å². The van der Waals surface area contributed by atoms with E-state index < -0.39 is 0 Å². The Morgan fingerprint density at radius 3 is 2.04 bits per heavy atom. The average Bonchev–Trinajstić information content (AvgIpc) is 2.71. The van der Waals surface area contributed by atoms with Crippen LogP contribution in [0.15, 0.2) is 84.9 Å². The Morgan fingerprint density at radius 2 is 1.46 bits per heavy atom. The normalized spacial score (nSPS) is 10.9. The third kappa shape index (κ3) is 5.71. The number of hydrogen-bond donors (Lipinski definition) is 1. The van der Waals surface area contributed by atoms with Crippen LogP contribution in [0.25, 0.3) is 0 Å².